The zero-order chi connectivity index (χ0) is 23.1. The number of primary amides is 1. The number of non-ortho nitro benzene ring substituents is 1. The van der Waals surface area contributed by atoms with Crippen LogP contribution in [0.25, 0.3) is 11.0 Å². The van der Waals surface area contributed by atoms with Crippen LogP contribution in [-0.4, -0.2) is 40.1 Å². The number of nitro groups is 1. The Kier molecular flexibility index (Phi) is 11.9. The number of nitrogens with two attached hydrogens (primary N) is 1. The van der Waals surface area contributed by atoms with Crippen LogP contribution in [0.3, 0.4) is 0 Å². The zero-order valence-electron chi connectivity index (χ0n) is 17.8. The lowest BCUT2D eigenvalue weighted by atomic mass is 10.1. The topological polar surface area (TPSA) is 166 Å². The largest absolute Gasteiger partial charge is 0.383 e. The maximum absolute atomic E-state index is 11.7. The molecule has 2 amide bonds. The number of benzene rings is 1. The highest BCUT2D eigenvalue weighted by Gasteiger charge is 2.19. The van der Waals surface area contributed by atoms with E-state index in [9.17, 15) is 19.7 Å². The van der Waals surface area contributed by atoms with E-state index in [4.69, 9.17) is 0 Å². The number of hydrogen-bond acceptors (Lipinski definition) is 8. The third-order valence-electron chi connectivity index (χ3n) is 4.14. The van der Waals surface area contributed by atoms with E-state index < -0.39 is 4.92 Å². The third kappa shape index (κ3) is 10.2. The summed E-state index contributed by atoms with van der Waals surface area (Å²) in [6.45, 7) is 6.36. The fourth-order valence-electron chi connectivity index (χ4n) is 2.68. The second-order valence-corrected chi connectivity index (χ2v) is 6.83. The molecule has 170 valence electrons. The molecule has 0 aliphatic rings. The smallest absolute Gasteiger partial charge is 0.300 e. The number of carbonyl (C=O) groups excluding carboxylic acids is 2. The Labute approximate surface area is 180 Å². The van der Waals surface area contributed by atoms with Crippen molar-refractivity contribution in [2.45, 2.75) is 51.9 Å². The van der Waals surface area contributed by atoms with Gasteiger partial charge in [0.15, 0.2) is 5.52 Å². The summed E-state index contributed by atoms with van der Waals surface area (Å²) in [5, 5.41) is 24.4. The molecule has 11 heteroatoms. The van der Waals surface area contributed by atoms with Gasteiger partial charge < -0.3 is 16.4 Å². The van der Waals surface area contributed by atoms with Crippen molar-refractivity contribution in [2.24, 2.45) is 5.73 Å². The molecule has 1 heterocycles. The first-order valence-electron chi connectivity index (χ1n) is 10.1. The SMILES string of the molecule is C=CCCCCNC(=O)CCCCCNc1ccc([N+](=O)[O-])c2nonc12.CC(N)=O. The maximum atomic E-state index is 11.7. The van der Waals surface area contributed by atoms with Crippen molar-refractivity contribution >= 4 is 34.2 Å². The molecule has 0 aliphatic carbocycles. The standard InChI is InChI=1S/C18H25N5O4.C2H5NO/c1-2-3-4-7-13-20-16(24)9-6-5-8-12-19-14-10-11-15(23(25)26)18-17(14)21-27-22-18;1-2(3)4/h2,10-11,19H,1,3-9,12-13H2,(H,20,24);1H3,(H2,3,4). The number of rotatable bonds is 13. The summed E-state index contributed by atoms with van der Waals surface area (Å²) < 4.78 is 4.63. The summed E-state index contributed by atoms with van der Waals surface area (Å²) in [7, 11) is 0. The highest BCUT2D eigenvalue weighted by molar-refractivity contribution is 5.93. The zero-order valence-corrected chi connectivity index (χ0v) is 17.8. The van der Waals surface area contributed by atoms with Crippen LogP contribution in [0.15, 0.2) is 29.4 Å². The predicted octanol–water partition coefficient (Wildman–Crippen LogP) is 3.07. The predicted molar refractivity (Wildman–Crippen MR) is 117 cm³/mol. The van der Waals surface area contributed by atoms with Gasteiger partial charge in [0.1, 0.15) is 0 Å². The number of nitrogens with zero attached hydrogens (tertiary/aromatic N) is 3. The van der Waals surface area contributed by atoms with Crippen molar-refractivity contribution in [3.63, 3.8) is 0 Å². The fourth-order valence-corrected chi connectivity index (χ4v) is 2.68. The van der Waals surface area contributed by atoms with E-state index >= 15 is 0 Å². The Morgan fingerprint density at radius 3 is 2.52 bits per heavy atom. The summed E-state index contributed by atoms with van der Waals surface area (Å²) in [4.78, 5) is 31.4. The van der Waals surface area contributed by atoms with E-state index in [2.05, 4.69) is 37.9 Å². The van der Waals surface area contributed by atoms with Crippen molar-refractivity contribution in [2.75, 3.05) is 18.4 Å². The second-order valence-electron chi connectivity index (χ2n) is 6.83. The van der Waals surface area contributed by atoms with E-state index in [0.29, 0.717) is 24.2 Å². The van der Waals surface area contributed by atoms with Crippen LogP contribution >= 0.6 is 0 Å². The molecule has 31 heavy (non-hydrogen) atoms. The number of anilines is 1. The lowest BCUT2D eigenvalue weighted by Crippen LogP contribution is -2.23. The molecule has 0 spiro atoms. The molecule has 2 aromatic rings. The molecule has 4 N–H and O–H groups in total. The maximum Gasteiger partial charge on any atom is 0.300 e. The normalized spacial score (nSPS) is 10.1. The number of hydrogen-bond donors (Lipinski definition) is 3. The van der Waals surface area contributed by atoms with Gasteiger partial charge in [-0.2, -0.15) is 0 Å². The van der Waals surface area contributed by atoms with Gasteiger partial charge in [0.05, 0.1) is 10.6 Å². The van der Waals surface area contributed by atoms with Crippen LogP contribution in [0.1, 0.15) is 51.9 Å². The van der Waals surface area contributed by atoms with Gasteiger partial charge in [0.25, 0.3) is 0 Å². The van der Waals surface area contributed by atoms with Gasteiger partial charge in [-0.1, -0.05) is 12.5 Å². The molecule has 2 rings (SSSR count). The van der Waals surface area contributed by atoms with Crippen molar-refractivity contribution < 1.29 is 19.1 Å². The van der Waals surface area contributed by atoms with Crippen LogP contribution in [0.5, 0.6) is 0 Å². The van der Waals surface area contributed by atoms with E-state index in [1.54, 1.807) is 6.07 Å². The van der Waals surface area contributed by atoms with Crippen molar-refractivity contribution in [3.8, 4) is 0 Å². The van der Waals surface area contributed by atoms with E-state index in [0.717, 1.165) is 45.1 Å². The number of nitrogens with one attached hydrogen (secondary N) is 2. The number of fused-ring (bicyclic) bond motifs is 1. The van der Waals surface area contributed by atoms with Crippen LogP contribution in [0.4, 0.5) is 11.4 Å². The monoisotopic (exact) mass is 434 g/mol. The number of nitro benzene ring substituents is 1. The Morgan fingerprint density at radius 1 is 1.16 bits per heavy atom. The fraction of sp³-hybridized carbons (Fsp3) is 0.500. The van der Waals surface area contributed by atoms with Crippen molar-refractivity contribution in [1.82, 2.24) is 15.6 Å². The van der Waals surface area contributed by atoms with Crippen LogP contribution in [0.2, 0.25) is 0 Å². The molecular weight excluding hydrogens is 404 g/mol. The Balaban J connectivity index is 0.00000110. The summed E-state index contributed by atoms with van der Waals surface area (Å²) in [6, 6.07) is 2.98. The molecule has 1 aromatic heterocycles. The first-order valence-corrected chi connectivity index (χ1v) is 10.1. The van der Waals surface area contributed by atoms with Gasteiger partial charge in [0, 0.05) is 32.5 Å². The lowest BCUT2D eigenvalue weighted by Gasteiger charge is -2.07. The number of carbonyl (C=O) groups is 2. The first kappa shape index (κ1) is 25.5. The highest BCUT2D eigenvalue weighted by atomic mass is 16.6. The Bertz CT molecular complexity index is 863. The van der Waals surface area contributed by atoms with Crippen LogP contribution in [-0.2, 0) is 9.59 Å². The van der Waals surface area contributed by atoms with Crippen molar-refractivity contribution in [3.05, 3.63) is 34.9 Å². The van der Waals surface area contributed by atoms with E-state index in [-0.39, 0.29) is 23.0 Å². The minimum absolute atomic E-state index is 0.0901. The van der Waals surface area contributed by atoms with Crippen LogP contribution in [0, 0.1) is 10.1 Å². The summed E-state index contributed by atoms with van der Waals surface area (Å²) >= 11 is 0. The summed E-state index contributed by atoms with van der Waals surface area (Å²) in [6.07, 6.45) is 8.01. The molecule has 0 saturated heterocycles. The van der Waals surface area contributed by atoms with Gasteiger partial charge in [-0.15, -0.1) is 6.58 Å². The molecule has 0 aliphatic heterocycles. The average molecular weight is 434 g/mol. The quantitative estimate of drug-likeness (QED) is 0.187. The molecule has 0 saturated carbocycles. The van der Waals surface area contributed by atoms with Crippen LogP contribution < -0.4 is 16.4 Å². The highest BCUT2D eigenvalue weighted by Crippen LogP contribution is 2.28. The minimum Gasteiger partial charge on any atom is -0.383 e. The third-order valence-corrected chi connectivity index (χ3v) is 4.14. The number of amides is 2. The summed E-state index contributed by atoms with van der Waals surface area (Å²) in [5.41, 5.74) is 5.47. The van der Waals surface area contributed by atoms with Gasteiger partial charge >= 0.3 is 5.69 Å². The molecular formula is C20H30N6O5. The second kappa shape index (κ2) is 14.5. The Morgan fingerprint density at radius 2 is 1.84 bits per heavy atom. The van der Waals surface area contributed by atoms with Gasteiger partial charge in [0.2, 0.25) is 17.3 Å². The Hall–Kier alpha value is -3.50. The molecule has 0 unspecified atom stereocenters. The van der Waals surface area contributed by atoms with E-state index in [1.807, 2.05) is 6.08 Å². The number of allylic oxidation sites excluding steroid dienone is 1. The van der Waals surface area contributed by atoms with Crippen molar-refractivity contribution in [1.29, 1.82) is 0 Å². The lowest BCUT2D eigenvalue weighted by molar-refractivity contribution is -0.383. The molecule has 1 aromatic carbocycles. The molecule has 11 nitrogen and oxygen atoms in total. The van der Waals surface area contributed by atoms with Gasteiger partial charge in [-0.25, -0.2) is 4.63 Å². The first-order chi connectivity index (χ1) is 14.9. The van der Waals surface area contributed by atoms with Gasteiger partial charge in [-0.3, -0.25) is 19.7 Å². The number of aromatic nitrogens is 2. The molecule has 0 bridgehead atoms. The van der Waals surface area contributed by atoms with Gasteiger partial charge in [-0.05, 0) is 48.5 Å². The average Bonchev–Trinajstić information content (AvgIpc) is 3.19. The molecule has 0 fully saturated rings. The minimum atomic E-state index is -0.513. The molecule has 0 radical (unpaired) electrons. The van der Waals surface area contributed by atoms with E-state index in [1.165, 1.54) is 13.0 Å². The summed E-state index contributed by atoms with van der Waals surface area (Å²) in [5.74, 6) is -0.243. The number of unbranched alkanes of at least 4 members (excludes halogenated alkanes) is 4. The molecule has 0 atom stereocenters.